The number of hydrogen-bond acceptors (Lipinski definition) is 5. The molecular weight excluding hydrogens is 388 g/mol. The van der Waals surface area contributed by atoms with Crippen molar-refractivity contribution in [1.82, 2.24) is 10.3 Å². The molecule has 2 aromatic carbocycles. The van der Waals surface area contributed by atoms with E-state index in [4.69, 9.17) is 4.74 Å². The second-order valence-electron chi connectivity index (χ2n) is 6.43. The number of carbonyl (C=O) groups excluding carboxylic acids is 1. The molecule has 0 aliphatic rings. The van der Waals surface area contributed by atoms with Crippen molar-refractivity contribution >= 4 is 23.2 Å². The standard InChI is InChI=1S/C22H22N2O4S/c1-2-28-18-10-8-16(9-11-18)21-23-17(14-29-21)13-20(25)24-19(22(26)27)12-15-6-4-3-5-7-15/h3-11,14,19H,2,12-13H2,1H3,(H,24,25)(H,26,27)/t19-/m1/s1. The summed E-state index contributed by atoms with van der Waals surface area (Å²) < 4.78 is 5.44. The lowest BCUT2D eigenvalue weighted by atomic mass is 10.1. The number of hydrogen-bond donors (Lipinski definition) is 2. The SMILES string of the molecule is CCOc1ccc(-c2nc(CC(=O)N[C@H](Cc3ccccc3)C(=O)O)cs2)cc1. The lowest BCUT2D eigenvalue weighted by molar-refractivity contribution is -0.141. The molecular formula is C22H22N2O4S. The number of carboxylic acid groups (broad SMARTS) is 1. The van der Waals surface area contributed by atoms with Crippen molar-refractivity contribution in [2.45, 2.75) is 25.8 Å². The number of ether oxygens (including phenoxy) is 1. The molecule has 1 aromatic heterocycles. The molecule has 0 saturated carbocycles. The summed E-state index contributed by atoms with van der Waals surface area (Å²) in [5, 5.41) is 14.6. The number of carbonyl (C=O) groups is 2. The Labute approximate surface area is 173 Å². The Hall–Kier alpha value is -3.19. The quantitative estimate of drug-likeness (QED) is 0.563. The van der Waals surface area contributed by atoms with Gasteiger partial charge in [0.15, 0.2) is 0 Å². The van der Waals surface area contributed by atoms with E-state index < -0.39 is 12.0 Å². The number of rotatable bonds is 9. The lowest BCUT2D eigenvalue weighted by Crippen LogP contribution is -2.43. The minimum Gasteiger partial charge on any atom is -0.494 e. The molecule has 1 heterocycles. The number of aromatic nitrogens is 1. The van der Waals surface area contributed by atoms with Crippen molar-refractivity contribution in [3.05, 3.63) is 71.2 Å². The van der Waals surface area contributed by atoms with Gasteiger partial charge in [-0.25, -0.2) is 9.78 Å². The minimum absolute atomic E-state index is 0.0338. The summed E-state index contributed by atoms with van der Waals surface area (Å²) in [6, 6.07) is 15.9. The summed E-state index contributed by atoms with van der Waals surface area (Å²) >= 11 is 1.44. The Kier molecular flexibility index (Phi) is 6.97. The van der Waals surface area contributed by atoms with Crippen molar-refractivity contribution in [2.24, 2.45) is 0 Å². The van der Waals surface area contributed by atoms with Gasteiger partial charge in [-0.1, -0.05) is 30.3 Å². The number of aliphatic carboxylic acids is 1. The maximum atomic E-state index is 12.4. The number of amides is 1. The summed E-state index contributed by atoms with van der Waals surface area (Å²) in [6.07, 6.45) is 0.266. The van der Waals surface area contributed by atoms with Crippen molar-refractivity contribution in [2.75, 3.05) is 6.61 Å². The van der Waals surface area contributed by atoms with Gasteiger partial charge in [0.1, 0.15) is 16.8 Å². The predicted octanol–water partition coefficient (Wildman–Crippen LogP) is 3.56. The van der Waals surface area contributed by atoms with Crippen LogP contribution in [0.3, 0.4) is 0 Å². The highest BCUT2D eigenvalue weighted by molar-refractivity contribution is 7.13. The van der Waals surface area contributed by atoms with Gasteiger partial charge in [0.2, 0.25) is 5.91 Å². The summed E-state index contributed by atoms with van der Waals surface area (Å²) in [7, 11) is 0. The Morgan fingerprint density at radius 2 is 1.86 bits per heavy atom. The van der Waals surface area contributed by atoms with E-state index in [0.717, 1.165) is 21.9 Å². The van der Waals surface area contributed by atoms with E-state index in [1.165, 1.54) is 11.3 Å². The number of nitrogens with zero attached hydrogens (tertiary/aromatic N) is 1. The van der Waals surface area contributed by atoms with E-state index in [1.807, 2.05) is 66.9 Å². The first-order valence-corrected chi connectivity index (χ1v) is 10.2. The van der Waals surface area contributed by atoms with Crippen LogP contribution in [0.4, 0.5) is 0 Å². The fourth-order valence-electron chi connectivity index (χ4n) is 2.84. The fraction of sp³-hybridized carbons (Fsp3) is 0.227. The Morgan fingerprint density at radius 1 is 1.14 bits per heavy atom. The van der Waals surface area contributed by atoms with Gasteiger partial charge in [-0.15, -0.1) is 11.3 Å². The van der Waals surface area contributed by atoms with Crippen molar-refractivity contribution in [3.8, 4) is 16.3 Å². The smallest absolute Gasteiger partial charge is 0.326 e. The van der Waals surface area contributed by atoms with Crippen LogP contribution < -0.4 is 10.1 Å². The number of carboxylic acids is 1. The average Bonchev–Trinajstić information content (AvgIpc) is 3.17. The molecule has 1 atom stereocenters. The monoisotopic (exact) mass is 410 g/mol. The third-order valence-corrected chi connectivity index (χ3v) is 5.16. The molecule has 0 fully saturated rings. The summed E-state index contributed by atoms with van der Waals surface area (Å²) in [6.45, 7) is 2.54. The molecule has 0 aliphatic heterocycles. The molecule has 0 saturated heterocycles. The summed E-state index contributed by atoms with van der Waals surface area (Å²) in [4.78, 5) is 28.4. The molecule has 150 valence electrons. The van der Waals surface area contributed by atoms with Crippen LogP contribution in [-0.2, 0) is 22.4 Å². The van der Waals surface area contributed by atoms with Gasteiger partial charge in [0.25, 0.3) is 0 Å². The maximum Gasteiger partial charge on any atom is 0.326 e. The zero-order valence-corrected chi connectivity index (χ0v) is 16.8. The molecule has 0 spiro atoms. The zero-order chi connectivity index (χ0) is 20.6. The van der Waals surface area contributed by atoms with Crippen molar-refractivity contribution in [1.29, 1.82) is 0 Å². The normalized spacial score (nSPS) is 11.6. The van der Waals surface area contributed by atoms with Gasteiger partial charge in [-0.05, 0) is 36.8 Å². The van der Waals surface area contributed by atoms with E-state index in [-0.39, 0.29) is 18.7 Å². The van der Waals surface area contributed by atoms with Crippen LogP contribution in [-0.4, -0.2) is 34.6 Å². The summed E-state index contributed by atoms with van der Waals surface area (Å²) in [5.74, 6) is -0.627. The van der Waals surface area contributed by atoms with Crippen LogP contribution in [0.5, 0.6) is 5.75 Å². The van der Waals surface area contributed by atoms with E-state index in [0.29, 0.717) is 12.3 Å². The second-order valence-corrected chi connectivity index (χ2v) is 7.28. The molecule has 0 aliphatic carbocycles. The van der Waals surface area contributed by atoms with Gasteiger partial charge < -0.3 is 15.2 Å². The van der Waals surface area contributed by atoms with E-state index in [9.17, 15) is 14.7 Å². The highest BCUT2D eigenvalue weighted by Crippen LogP contribution is 2.26. The molecule has 7 heteroatoms. The van der Waals surface area contributed by atoms with Gasteiger partial charge >= 0.3 is 5.97 Å². The number of thiazole rings is 1. The van der Waals surface area contributed by atoms with E-state index in [1.54, 1.807) is 0 Å². The third-order valence-electron chi connectivity index (χ3n) is 4.22. The van der Waals surface area contributed by atoms with Crippen molar-refractivity contribution in [3.63, 3.8) is 0 Å². The van der Waals surface area contributed by atoms with Gasteiger partial charge in [-0.2, -0.15) is 0 Å². The first-order valence-electron chi connectivity index (χ1n) is 9.29. The predicted molar refractivity (Wildman–Crippen MR) is 112 cm³/mol. The Balaban J connectivity index is 1.60. The van der Waals surface area contributed by atoms with E-state index >= 15 is 0 Å². The Morgan fingerprint density at radius 3 is 2.52 bits per heavy atom. The molecule has 29 heavy (non-hydrogen) atoms. The molecule has 2 N–H and O–H groups in total. The summed E-state index contributed by atoms with van der Waals surface area (Å²) in [5.41, 5.74) is 2.41. The lowest BCUT2D eigenvalue weighted by Gasteiger charge is -2.14. The highest BCUT2D eigenvalue weighted by atomic mass is 32.1. The van der Waals surface area contributed by atoms with Gasteiger partial charge in [0, 0.05) is 17.4 Å². The zero-order valence-electron chi connectivity index (χ0n) is 16.0. The van der Waals surface area contributed by atoms with Crippen LogP contribution in [0.25, 0.3) is 10.6 Å². The van der Waals surface area contributed by atoms with Crippen LogP contribution in [0.15, 0.2) is 60.0 Å². The fourth-order valence-corrected chi connectivity index (χ4v) is 3.67. The van der Waals surface area contributed by atoms with Crippen LogP contribution in [0.1, 0.15) is 18.2 Å². The molecule has 3 rings (SSSR count). The average molecular weight is 410 g/mol. The maximum absolute atomic E-state index is 12.4. The second kappa shape index (κ2) is 9.84. The largest absolute Gasteiger partial charge is 0.494 e. The topological polar surface area (TPSA) is 88.5 Å². The molecule has 3 aromatic rings. The van der Waals surface area contributed by atoms with Gasteiger partial charge in [-0.3, -0.25) is 4.79 Å². The minimum atomic E-state index is -1.06. The van der Waals surface area contributed by atoms with Crippen LogP contribution in [0.2, 0.25) is 0 Å². The van der Waals surface area contributed by atoms with E-state index in [2.05, 4.69) is 10.3 Å². The third kappa shape index (κ3) is 5.89. The molecule has 0 radical (unpaired) electrons. The first-order chi connectivity index (χ1) is 14.0. The molecule has 6 nitrogen and oxygen atoms in total. The molecule has 1 amide bonds. The van der Waals surface area contributed by atoms with Crippen LogP contribution >= 0.6 is 11.3 Å². The first kappa shape index (κ1) is 20.5. The number of nitrogens with one attached hydrogen (secondary N) is 1. The van der Waals surface area contributed by atoms with Crippen molar-refractivity contribution < 1.29 is 19.4 Å². The molecule has 0 unspecified atom stereocenters. The van der Waals surface area contributed by atoms with Crippen LogP contribution in [0, 0.1) is 0 Å². The number of benzene rings is 2. The highest BCUT2D eigenvalue weighted by Gasteiger charge is 2.21. The molecule has 0 bridgehead atoms. The Bertz CT molecular complexity index is 954. The van der Waals surface area contributed by atoms with Gasteiger partial charge in [0.05, 0.1) is 18.7 Å².